The van der Waals surface area contributed by atoms with Crippen LogP contribution in [0.3, 0.4) is 0 Å². The van der Waals surface area contributed by atoms with Crippen LogP contribution in [0.15, 0.2) is 72.8 Å². The van der Waals surface area contributed by atoms with Gasteiger partial charge in [-0.3, -0.25) is 0 Å². The molecule has 0 amide bonds. The predicted octanol–water partition coefficient (Wildman–Crippen LogP) is 8.35. The summed E-state index contributed by atoms with van der Waals surface area (Å²) < 4.78 is 0. The average Bonchev–Trinajstić information content (AvgIpc) is 2.69. The van der Waals surface area contributed by atoms with Gasteiger partial charge in [-0.25, -0.2) is 0 Å². The van der Waals surface area contributed by atoms with Gasteiger partial charge in [0.2, 0.25) is 0 Å². The molecule has 1 heteroatoms. The molecule has 3 aromatic carbocycles. The number of benzene rings is 3. The Labute approximate surface area is 205 Å². The maximum atomic E-state index is 3.00. The topological polar surface area (TPSA) is 0 Å². The zero-order valence-electron chi connectivity index (χ0n) is 20.8. The SMILES string of the molecule is CC(C)(C)c1cc[c-]cc1.CC(C)(C)c1cc[c-]cc1.CC(C)(C)c1cc[c-]cc1.[Os+4]. The Morgan fingerprint density at radius 1 is 0.387 bits per heavy atom. The third kappa shape index (κ3) is 12.1. The van der Waals surface area contributed by atoms with Gasteiger partial charge >= 0.3 is 19.8 Å². The van der Waals surface area contributed by atoms with Crippen molar-refractivity contribution >= 4 is 0 Å². The van der Waals surface area contributed by atoms with E-state index in [1.807, 2.05) is 36.4 Å². The van der Waals surface area contributed by atoms with Crippen LogP contribution in [0.5, 0.6) is 0 Å². The van der Waals surface area contributed by atoms with Crippen LogP contribution in [0.1, 0.15) is 79.0 Å². The van der Waals surface area contributed by atoms with Crippen molar-refractivity contribution in [3.8, 4) is 0 Å². The quantitative estimate of drug-likeness (QED) is 0.231. The first-order valence-corrected chi connectivity index (χ1v) is 10.7. The van der Waals surface area contributed by atoms with E-state index in [1.165, 1.54) is 16.7 Å². The van der Waals surface area contributed by atoms with E-state index in [4.69, 9.17) is 0 Å². The minimum atomic E-state index is 0. The number of rotatable bonds is 0. The van der Waals surface area contributed by atoms with Crippen molar-refractivity contribution in [2.45, 2.75) is 78.6 Å². The van der Waals surface area contributed by atoms with Crippen LogP contribution in [-0.4, -0.2) is 0 Å². The molecule has 166 valence electrons. The van der Waals surface area contributed by atoms with Gasteiger partial charge in [-0.15, -0.1) is 0 Å². The average molecular weight is 590 g/mol. The zero-order chi connectivity index (χ0) is 22.8. The Balaban J connectivity index is 0.000000429. The molecule has 3 aromatic rings. The fourth-order valence-corrected chi connectivity index (χ4v) is 2.66. The molecule has 3 rings (SSSR count). The summed E-state index contributed by atoms with van der Waals surface area (Å²) in [5.41, 5.74) is 4.92. The van der Waals surface area contributed by atoms with Gasteiger partial charge in [0.15, 0.2) is 0 Å². The molecule has 0 saturated heterocycles. The molecular weight excluding hydrogens is 551 g/mol. The first-order valence-electron chi connectivity index (χ1n) is 10.7. The second kappa shape index (κ2) is 13.0. The Morgan fingerprint density at radius 2 is 0.548 bits per heavy atom. The van der Waals surface area contributed by atoms with Gasteiger partial charge in [0.05, 0.1) is 0 Å². The van der Waals surface area contributed by atoms with E-state index < -0.39 is 0 Å². The van der Waals surface area contributed by atoms with Crippen LogP contribution in [0, 0.1) is 18.2 Å². The van der Waals surface area contributed by atoms with E-state index in [1.54, 1.807) is 0 Å². The molecule has 0 saturated carbocycles. The summed E-state index contributed by atoms with van der Waals surface area (Å²) in [7, 11) is 0. The van der Waals surface area contributed by atoms with Crippen molar-refractivity contribution in [3.63, 3.8) is 0 Å². The van der Waals surface area contributed by atoms with Crippen molar-refractivity contribution in [3.05, 3.63) is 108 Å². The first-order chi connectivity index (χ1) is 13.8. The molecule has 0 aromatic heterocycles. The molecule has 0 atom stereocenters. The van der Waals surface area contributed by atoms with Crippen LogP contribution < -0.4 is 0 Å². The van der Waals surface area contributed by atoms with Crippen molar-refractivity contribution in [1.29, 1.82) is 0 Å². The maximum absolute atomic E-state index is 3.00. The van der Waals surface area contributed by atoms with Gasteiger partial charge in [0.1, 0.15) is 0 Å². The molecule has 0 aliphatic carbocycles. The largest absolute Gasteiger partial charge is 4.00 e. The normalized spacial score (nSPS) is 11.1. The van der Waals surface area contributed by atoms with Crippen molar-refractivity contribution in [2.75, 3.05) is 0 Å². The van der Waals surface area contributed by atoms with Gasteiger partial charge in [-0.05, 0) is 16.2 Å². The summed E-state index contributed by atoms with van der Waals surface area (Å²) in [5.74, 6) is 0. The molecule has 0 spiro atoms. The second-order valence-electron chi connectivity index (χ2n) is 10.6. The zero-order valence-corrected chi connectivity index (χ0v) is 23.3. The van der Waals surface area contributed by atoms with Crippen LogP contribution in [-0.2, 0) is 36.0 Å². The van der Waals surface area contributed by atoms with Crippen LogP contribution in [0.25, 0.3) is 0 Å². The Bertz CT molecular complexity index is 697. The molecule has 0 N–H and O–H groups in total. The Kier molecular flexibility index (Phi) is 12.3. The van der Waals surface area contributed by atoms with E-state index in [2.05, 4.69) is 117 Å². The molecule has 0 heterocycles. The molecular formula is C30H39Os+. The van der Waals surface area contributed by atoms with E-state index in [0.29, 0.717) is 0 Å². The molecule has 0 nitrogen and oxygen atoms in total. The fraction of sp³-hybridized carbons (Fsp3) is 0.400. The van der Waals surface area contributed by atoms with Crippen molar-refractivity contribution in [1.82, 2.24) is 0 Å². The summed E-state index contributed by atoms with van der Waals surface area (Å²) in [5, 5.41) is 0. The van der Waals surface area contributed by atoms with E-state index in [-0.39, 0.29) is 36.0 Å². The third-order valence-corrected chi connectivity index (χ3v) is 4.75. The number of hydrogen-bond donors (Lipinski definition) is 0. The monoisotopic (exact) mass is 591 g/mol. The molecule has 0 fully saturated rings. The third-order valence-electron chi connectivity index (χ3n) is 4.75. The van der Waals surface area contributed by atoms with E-state index in [9.17, 15) is 0 Å². The standard InChI is InChI=1S/3C10H13.Os/c3*1-10(2,3)9-7-5-4-6-8-9;/h3*5-8H,1-3H3;/q3*-1;+4. The summed E-state index contributed by atoms with van der Waals surface area (Å²) in [6, 6.07) is 33.4. The van der Waals surface area contributed by atoms with Crippen LogP contribution >= 0.6 is 0 Å². The van der Waals surface area contributed by atoms with Gasteiger partial charge in [-0.2, -0.15) is 108 Å². The predicted molar refractivity (Wildman–Crippen MR) is 132 cm³/mol. The molecule has 0 aliphatic heterocycles. The minimum Gasteiger partial charge on any atom is -0.184 e. The summed E-state index contributed by atoms with van der Waals surface area (Å²) in [4.78, 5) is 0. The Morgan fingerprint density at radius 3 is 0.645 bits per heavy atom. The fourth-order valence-electron chi connectivity index (χ4n) is 2.66. The summed E-state index contributed by atoms with van der Waals surface area (Å²) >= 11 is 0. The van der Waals surface area contributed by atoms with E-state index in [0.717, 1.165) is 0 Å². The van der Waals surface area contributed by atoms with E-state index >= 15 is 0 Å². The summed E-state index contributed by atoms with van der Waals surface area (Å²) in [6.45, 7) is 19.9. The smallest absolute Gasteiger partial charge is 0.184 e. The first kappa shape index (κ1) is 29.3. The van der Waals surface area contributed by atoms with Crippen LogP contribution in [0.2, 0.25) is 0 Å². The van der Waals surface area contributed by atoms with Crippen molar-refractivity contribution < 1.29 is 19.8 Å². The summed E-state index contributed by atoms with van der Waals surface area (Å²) in [6.07, 6.45) is 0. The molecule has 0 unspecified atom stereocenters. The molecule has 0 radical (unpaired) electrons. The maximum Gasteiger partial charge on any atom is 4.00 e. The minimum absolute atomic E-state index is 0. The second-order valence-corrected chi connectivity index (χ2v) is 10.6. The van der Waals surface area contributed by atoms with Gasteiger partial charge in [0, 0.05) is 0 Å². The molecule has 0 aliphatic rings. The van der Waals surface area contributed by atoms with Gasteiger partial charge in [-0.1, -0.05) is 62.3 Å². The number of hydrogen-bond acceptors (Lipinski definition) is 0. The molecule has 0 bridgehead atoms. The van der Waals surface area contributed by atoms with Crippen LogP contribution in [0.4, 0.5) is 0 Å². The molecule has 31 heavy (non-hydrogen) atoms. The van der Waals surface area contributed by atoms with Gasteiger partial charge < -0.3 is 0 Å². The van der Waals surface area contributed by atoms with Crippen molar-refractivity contribution in [2.24, 2.45) is 0 Å². The Hall–Kier alpha value is -1.70. The van der Waals surface area contributed by atoms with Gasteiger partial charge in [0.25, 0.3) is 0 Å².